The lowest BCUT2D eigenvalue weighted by Gasteiger charge is -2.44. The number of amides is 2. The van der Waals surface area contributed by atoms with Crippen LogP contribution in [0.25, 0.3) is 0 Å². The maximum absolute atomic E-state index is 12.5. The quantitative estimate of drug-likeness (QED) is 0.0563. The topological polar surface area (TPSA) is 492 Å². The van der Waals surface area contributed by atoms with Crippen LogP contribution in [-0.4, -0.2) is 247 Å². The maximum atomic E-state index is 12.5. The van der Waals surface area contributed by atoms with Gasteiger partial charge >= 0.3 is 11.9 Å². The number of carboxylic acids is 2. The van der Waals surface area contributed by atoms with Gasteiger partial charge in [-0.1, -0.05) is 15.6 Å². The summed E-state index contributed by atoms with van der Waals surface area (Å²) >= 11 is 0. The molecular formula is C37H53N11O23. The highest BCUT2D eigenvalue weighted by molar-refractivity contribution is 5.74. The Morgan fingerprint density at radius 3 is 1.39 bits per heavy atom. The first kappa shape index (κ1) is 53.4. The van der Waals surface area contributed by atoms with E-state index in [4.69, 9.17) is 33.2 Å². The second-order valence-electron chi connectivity index (χ2n) is 16.8. The third kappa shape index (κ3) is 11.5. The van der Waals surface area contributed by atoms with E-state index in [1.165, 1.54) is 12.4 Å². The zero-order valence-electron chi connectivity index (χ0n) is 37.2. The maximum Gasteiger partial charge on any atom is 0.335 e. The number of carboxylic acid groups (broad SMARTS) is 2. The number of nitrogens with zero attached hydrogens (tertiary/aromatic N) is 9. The first-order valence-corrected chi connectivity index (χ1v) is 21.6. The minimum Gasteiger partial charge on any atom is -0.479 e. The molecule has 3 aromatic heterocycles. The molecule has 7 heterocycles. The van der Waals surface area contributed by atoms with Crippen molar-refractivity contribution >= 4 is 23.8 Å². The number of nitrogens with one attached hydrogen (secondary N) is 2. The number of aliphatic hydroxyl groups is 10. The summed E-state index contributed by atoms with van der Waals surface area (Å²) in [5, 5.41) is 153. The van der Waals surface area contributed by atoms with E-state index in [0.717, 1.165) is 34.1 Å². The predicted molar refractivity (Wildman–Crippen MR) is 215 cm³/mol. The molecule has 4 fully saturated rings. The van der Waals surface area contributed by atoms with Gasteiger partial charge in [-0.25, -0.2) is 23.6 Å². The van der Waals surface area contributed by atoms with Crippen molar-refractivity contribution in [1.82, 2.24) is 55.6 Å². The molecule has 394 valence electrons. The van der Waals surface area contributed by atoms with E-state index < -0.39 is 179 Å². The number of aliphatic hydroxyl groups excluding tert-OH is 10. The number of hydrogen-bond acceptors (Lipinski definition) is 27. The van der Waals surface area contributed by atoms with Gasteiger partial charge < -0.3 is 105 Å². The van der Waals surface area contributed by atoms with Crippen molar-refractivity contribution in [3.8, 4) is 0 Å². The van der Waals surface area contributed by atoms with Gasteiger partial charge in [0.1, 0.15) is 102 Å². The molecule has 4 saturated heterocycles. The van der Waals surface area contributed by atoms with Crippen LogP contribution in [0, 0.1) is 0 Å². The van der Waals surface area contributed by atoms with E-state index in [1.54, 1.807) is 0 Å². The van der Waals surface area contributed by atoms with Crippen LogP contribution in [0.3, 0.4) is 0 Å². The molecule has 3 aromatic rings. The van der Waals surface area contributed by atoms with Crippen molar-refractivity contribution in [1.29, 1.82) is 0 Å². The molecule has 0 bridgehead atoms. The van der Waals surface area contributed by atoms with Gasteiger partial charge in [0.15, 0.2) is 37.2 Å². The molecule has 0 unspecified atom stereocenters. The number of aliphatic carboxylic acids is 2. The predicted octanol–water partition coefficient (Wildman–Crippen LogP) is -9.38. The Hall–Kier alpha value is -5.38. The monoisotopic (exact) mass is 1020 g/mol. The molecular weight excluding hydrogens is 966 g/mol. The number of hydrogen-bond donors (Lipinski definition) is 14. The zero-order valence-corrected chi connectivity index (χ0v) is 37.2. The number of carbonyl (C=O) groups excluding carboxylic acids is 2. The highest BCUT2D eigenvalue weighted by Crippen LogP contribution is 2.34. The summed E-state index contributed by atoms with van der Waals surface area (Å²) in [4.78, 5) is 48.3. The fourth-order valence-corrected chi connectivity index (χ4v) is 8.37. The fraction of sp³-hybridized carbons (Fsp3) is 0.730. The molecule has 34 heteroatoms. The number of rotatable bonds is 18. The van der Waals surface area contributed by atoms with E-state index in [9.17, 15) is 80.5 Å². The van der Waals surface area contributed by atoms with Crippen LogP contribution in [0.2, 0.25) is 0 Å². The van der Waals surface area contributed by atoms with Gasteiger partial charge in [0.25, 0.3) is 0 Å². The van der Waals surface area contributed by atoms with Crippen molar-refractivity contribution in [3.63, 3.8) is 0 Å². The van der Waals surface area contributed by atoms with E-state index in [-0.39, 0.29) is 17.1 Å². The van der Waals surface area contributed by atoms with Gasteiger partial charge in [-0.2, -0.15) is 0 Å². The molecule has 0 aromatic carbocycles. The van der Waals surface area contributed by atoms with Gasteiger partial charge in [0, 0.05) is 13.8 Å². The second-order valence-corrected chi connectivity index (χ2v) is 16.8. The Morgan fingerprint density at radius 2 is 0.930 bits per heavy atom. The molecule has 0 aliphatic carbocycles. The summed E-state index contributed by atoms with van der Waals surface area (Å²) in [5.41, 5.74) is -0.0230. The van der Waals surface area contributed by atoms with Crippen LogP contribution in [0.1, 0.15) is 49.6 Å². The van der Waals surface area contributed by atoms with Crippen molar-refractivity contribution in [2.75, 3.05) is 13.2 Å². The van der Waals surface area contributed by atoms with Crippen LogP contribution in [0.4, 0.5) is 0 Å². The standard InChI is InChI=1S/C37H53N11O23/c1-11(51)38-18-27(65-8-14-4-47(44-41-14)33-25(58)22(55)23(56)30(70-33)35(60)61)20(53)16(6-49)68-32(18)46-3-13(40-43-46)10-67-29-24(57)26(59)34(71-31(29)36(62)63)48-5-15(42-45-48)9-66-28-19(39-12(2)52)37(64)69-17(7-50)21(28)54/h3-5,16-34,37,49-50,53-59,64H,6-10H2,1-2H3,(H,38,51)(H,39,52)(H,60,61)(H,62,63)/t16-,17-,18-,19-,20+,21+,22+,23+,24-,25-,26-,27-,28-,29+,30+,31+,32-,33-,34-,37-/m1/s1. The minimum absolute atomic E-state index is 0.00152. The third-order valence-corrected chi connectivity index (χ3v) is 11.9. The van der Waals surface area contributed by atoms with Gasteiger partial charge in [-0.15, -0.1) is 15.3 Å². The lowest BCUT2D eigenvalue weighted by molar-refractivity contribution is -0.264. The van der Waals surface area contributed by atoms with Crippen LogP contribution >= 0.6 is 0 Å². The number of ether oxygens (including phenoxy) is 7. The van der Waals surface area contributed by atoms with Gasteiger partial charge in [0.2, 0.25) is 11.8 Å². The van der Waals surface area contributed by atoms with E-state index in [0.29, 0.717) is 0 Å². The highest BCUT2D eigenvalue weighted by Gasteiger charge is 2.52. The second kappa shape index (κ2) is 22.6. The molecule has 14 N–H and O–H groups in total. The normalized spacial score (nSPS) is 37.6. The van der Waals surface area contributed by atoms with Gasteiger partial charge in [-0.3, -0.25) is 9.59 Å². The Balaban J connectivity index is 1.00. The molecule has 20 atom stereocenters. The molecule has 4 aliphatic heterocycles. The molecule has 7 rings (SSSR count). The Kier molecular flexibility index (Phi) is 17.0. The van der Waals surface area contributed by atoms with Crippen LogP contribution < -0.4 is 10.6 Å². The van der Waals surface area contributed by atoms with Crippen molar-refractivity contribution < 1.29 is 114 Å². The first-order chi connectivity index (χ1) is 33.7. The van der Waals surface area contributed by atoms with E-state index >= 15 is 0 Å². The summed E-state index contributed by atoms with van der Waals surface area (Å²) in [7, 11) is 0. The zero-order chi connectivity index (χ0) is 51.6. The molecule has 4 aliphatic rings. The van der Waals surface area contributed by atoms with Gasteiger partial charge in [-0.05, 0) is 0 Å². The Bertz CT molecular complexity index is 2310. The summed E-state index contributed by atoms with van der Waals surface area (Å²) < 4.78 is 42.2. The summed E-state index contributed by atoms with van der Waals surface area (Å²) in [6, 6.07) is -2.57. The fourth-order valence-electron chi connectivity index (χ4n) is 8.37. The van der Waals surface area contributed by atoms with Crippen molar-refractivity contribution in [2.24, 2.45) is 0 Å². The third-order valence-electron chi connectivity index (χ3n) is 11.9. The molecule has 71 heavy (non-hydrogen) atoms. The molecule has 0 radical (unpaired) electrons. The van der Waals surface area contributed by atoms with Gasteiger partial charge in [0.05, 0.1) is 51.6 Å². The average molecular weight is 1020 g/mol. The summed E-state index contributed by atoms with van der Waals surface area (Å²) in [6.45, 7) is -0.681. The van der Waals surface area contributed by atoms with Crippen LogP contribution in [0.15, 0.2) is 18.6 Å². The molecule has 34 nitrogen and oxygen atoms in total. The smallest absolute Gasteiger partial charge is 0.335 e. The van der Waals surface area contributed by atoms with E-state index in [2.05, 4.69) is 41.6 Å². The Morgan fingerprint density at radius 1 is 0.521 bits per heavy atom. The molecule has 2 amide bonds. The number of aromatic nitrogens is 9. The average Bonchev–Trinajstić information content (AvgIpc) is 4.11. The van der Waals surface area contributed by atoms with Crippen LogP contribution in [0.5, 0.6) is 0 Å². The van der Waals surface area contributed by atoms with Crippen LogP contribution in [-0.2, 0) is 72.2 Å². The highest BCUT2D eigenvalue weighted by atomic mass is 16.6. The summed E-state index contributed by atoms with van der Waals surface area (Å²) in [5.74, 6) is -4.49. The van der Waals surface area contributed by atoms with E-state index in [1.807, 2.05) is 0 Å². The minimum atomic E-state index is -1.97. The largest absolute Gasteiger partial charge is 0.479 e. The van der Waals surface area contributed by atoms with Crippen molar-refractivity contribution in [2.45, 2.75) is 156 Å². The first-order valence-electron chi connectivity index (χ1n) is 21.6. The SMILES string of the molecule is CC(=O)N[C@@H]1[C@@H](OCc2cn([C@@H]3O[C@H](C(=O)O)[C@@H](OCc4cn([C@@H]5O[C@H](CO)[C@H](O)[C@H](OCc6cn([C@@H]7O[C@H](C(=O)O)[C@@H](O)[C@H](O)[C@H]7O)nn6)[C@H]5NC(C)=O)nn4)[C@H](O)[C@H]3O)nn2)[C@@H](O)[C@@H](CO)O[C@H]1O. The molecule has 0 saturated carbocycles. The van der Waals surface area contributed by atoms with Crippen molar-refractivity contribution in [3.05, 3.63) is 35.7 Å². The number of carbonyl (C=O) groups is 4. The molecule has 0 spiro atoms. The Labute approximate surface area is 397 Å². The summed E-state index contributed by atoms with van der Waals surface area (Å²) in [6.07, 6.45) is -26.6. The lowest BCUT2D eigenvalue weighted by Crippen LogP contribution is -2.64. The lowest BCUT2D eigenvalue weighted by atomic mass is 9.95.